The molecule has 1 aromatic carbocycles. The molecule has 0 fully saturated rings. The number of aliphatic hydroxyl groups is 1. The van der Waals surface area contributed by atoms with Gasteiger partial charge in [0.25, 0.3) is 0 Å². The van der Waals surface area contributed by atoms with E-state index in [4.69, 9.17) is 11.6 Å². The van der Waals surface area contributed by atoms with Crippen LogP contribution >= 0.6 is 11.6 Å². The highest BCUT2D eigenvalue weighted by atomic mass is 35.5. The summed E-state index contributed by atoms with van der Waals surface area (Å²) < 4.78 is 1.83. The number of imidazole rings is 1. The second kappa shape index (κ2) is 4.04. The van der Waals surface area contributed by atoms with E-state index in [9.17, 15) is 5.11 Å². The molecule has 0 amide bonds. The number of halogens is 1. The Morgan fingerprint density at radius 1 is 1.47 bits per heavy atom. The van der Waals surface area contributed by atoms with E-state index in [2.05, 4.69) is 4.98 Å². The van der Waals surface area contributed by atoms with Crippen molar-refractivity contribution in [2.24, 2.45) is 0 Å². The molecule has 0 bridgehead atoms. The zero-order valence-corrected chi connectivity index (χ0v) is 9.02. The number of rotatable bonds is 2. The Morgan fingerprint density at radius 3 is 2.87 bits per heavy atom. The van der Waals surface area contributed by atoms with Crippen molar-refractivity contribution in [1.82, 2.24) is 9.55 Å². The summed E-state index contributed by atoms with van der Waals surface area (Å²) in [5.74, 6) is 0. The molecule has 0 aliphatic heterocycles. The molecule has 0 spiro atoms. The fourth-order valence-electron chi connectivity index (χ4n) is 1.50. The van der Waals surface area contributed by atoms with Gasteiger partial charge in [-0.3, -0.25) is 0 Å². The molecule has 15 heavy (non-hydrogen) atoms. The molecule has 0 saturated carbocycles. The van der Waals surface area contributed by atoms with Crippen LogP contribution in [-0.2, 0) is 0 Å². The van der Waals surface area contributed by atoms with Crippen LogP contribution in [-0.4, -0.2) is 14.7 Å². The molecule has 2 rings (SSSR count). The molecule has 1 aromatic heterocycles. The van der Waals surface area contributed by atoms with Crippen molar-refractivity contribution < 1.29 is 5.11 Å². The largest absolute Gasteiger partial charge is 0.389 e. The zero-order valence-electron chi connectivity index (χ0n) is 8.26. The number of aromatic nitrogens is 2. The fourth-order valence-corrected chi connectivity index (χ4v) is 1.66. The Kier molecular flexibility index (Phi) is 2.75. The maximum absolute atomic E-state index is 9.62. The summed E-state index contributed by atoms with van der Waals surface area (Å²) >= 11 is 5.92. The van der Waals surface area contributed by atoms with Crippen LogP contribution in [0.2, 0.25) is 5.02 Å². The van der Waals surface area contributed by atoms with Gasteiger partial charge >= 0.3 is 0 Å². The lowest BCUT2D eigenvalue weighted by atomic mass is 10.1. The van der Waals surface area contributed by atoms with Gasteiger partial charge in [0.15, 0.2) is 0 Å². The van der Waals surface area contributed by atoms with Crippen LogP contribution in [0.3, 0.4) is 0 Å². The summed E-state index contributed by atoms with van der Waals surface area (Å²) in [5.41, 5.74) is 1.69. The van der Waals surface area contributed by atoms with Crippen molar-refractivity contribution in [3.8, 4) is 5.69 Å². The van der Waals surface area contributed by atoms with E-state index >= 15 is 0 Å². The van der Waals surface area contributed by atoms with Crippen LogP contribution in [0.5, 0.6) is 0 Å². The number of hydrogen-bond donors (Lipinski definition) is 1. The van der Waals surface area contributed by atoms with E-state index in [1.807, 2.05) is 22.9 Å². The molecular formula is C11H11ClN2O. The second-order valence-corrected chi connectivity index (χ2v) is 3.79. The summed E-state index contributed by atoms with van der Waals surface area (Å²) in [7, 11) is 0. The first kappa shape index (κ1) is 10.2. The quantitative estimate of drug-likeness (QED) is 0.848. The molecule has 0 radical (unpaired) electrons. The molecule has 0 aliphatic carbocycles. The van der Waals surface area contributed by atoms with Crippen LogP contribution < -0.4 is 0 Å². The van der Waals surface area contributed by atoms with Gasteiger partial charge in [0, 0.05) is 23.0 Å². The molecule has 2 aromatic rings. The predicted molar refractivity (Wildman–Crippen MR) is 59.2 cm³/mol. The smallest absolute Gasteiger partial charge is 0.0991 e. The van der Waals surface area contributed by atoms with E-state index < -0.39 is 6.10 Å². The molecule has 78 valence electrons. The van der Waals surface area contributed by atoms with E-state index in [0.29, 0.717) is 5.02 Å². The van der Waals surface area contributed by atoms with Gasteiger partial charge in [0.2, 0.25) is 0 Å². The van der Waals surface area contributed by atoms with Crippen molar-refractivity contribution in [1.29, 1.82) is 0 Å². The molecule has 0 saturated heterocycles. The molecule has 3 nitrogen and oxygen atoms in total. The standard InChI is InChI=1S/C11H11ClN2O/c1-8(15)10-3-2-9(12)6-11(10)14-5-4-13-7-14/h2-8,15H,1H3. The van der Waals surface area contributed by atoms with E-state index in [-0.39, 0.29) is 0 Å². The number of nitrogens with zero attached hydrogens (tertiary/aromatic N) is 2. The summed E-state index contributed by atoms with van der Waals surface area (Å²) in [6, 6.07) is 5.40. The minimum absolute atomic E-state index is 0.528. The molecule has 4 heteroatoms. The Balaban J connectivity index is 2.58. The first-order valence-electron chi connectivity index (χ1n) is 4.64. The van der Waals surface area contributed by atoms with Crippen LogP contribution in [0.1, 0.15) is 18.6 Å². The molecular weight excluding hydrogens is 212 g/mol. The molecule has 0 aliphatic rings. The topological polar surface area (TPSA) is 38.0 Å². The third-order valence-corrected chi connectivity index (χ3v) is 2.46. The third-order valence-electron chi connectivity index (χ3n) is 2.23. The van der Waals surface area contributed by atoms with Crippen molar-refractivity contribution in [3.63, 3.8) is 0 Å². The summed E-state index contributed by atoms with van der Waals surface area (Å²) in [4.78, 5) is 3.97. The highest BCUT2D eigenvalue weighted by Gasteiger charge is 2.09. The number of benzene rings is 1. The highest BCUT2D eigenvalue weighted by Crippen LogP contribution is 2.24. The van der Waals surface area contributed by atoms with Crippen LogP contribution in [0, 0.1) is 0 Å². The maximum atomic E-state index is 9.62. The van der Waals surface area contributed by atoms with Gasteiger partial charge in [-0.2, -0.15) is 0 Å². The predicted octanol–water partition coefficient (Wildman–Crippen LogP) is 2.58. The Hall–Kier alpha value is -1.32. The average molecular weight is 223 g/mol. The van der Waals surface area contributed by atoms with Crippen LogP contribution in [0.15, 0.2) is 36.9 Å². The van der Waals surface area contributed by atoms with Crippen LogP contribution in [0.4, 0.5) is 0 Å². The monoisotopic (exact) mass is 222 g/mol. The Labute approximate surface area is 93.0 Å². The molecule has 1 N–H and O–H groups in total. The minimum atomic E-state index is -0.528. The van der Waals surface area contributed by atoms with Crippen molar-refractivity contribution in [2.75, 3.05) is 0 Å². The zero-order chi connectivity index (χ0) is 10.8. The van der Waals surface area contributed by atoms with Gasteiger partial charge in [-0.15, -0.1) is 0 Å². The number of aliphatic hydroxyl groups excluding tert-OH is 1. The second-order valence-electron chi connectivity index (χ2n) is 3.35. The first-order chi connectivity index (χ1) is 7.18. The summed E-state index contributed by atoms with van der Waals surface area (Å²) in [6.07, 6.45) is 4.65. The summed E-state index contributed by atoms with van der Waals surface area (Å²) in [6.45, 7) is 1.73. The van der Waals surface area contributed by atoms with Gasteiger partial charge in [0.05, 0.1) is 18.1 Å². The lowest BCUT2D eigenvalue weighted by molar-refractivity contribution is 0.199. The third kappa shape index (κ3) is 2.03. The summed E-state index contributed by atoms with van der Waals surface area (Å²) in [5, 5.41) is 10.3. The minimum Gasteiger partial charge on any atom is -0.389 e. The SMILES string of the molecule is CC(O)c1ccc(Cl)cc1-n1ccnc1. The van der Waals surface area contributed by atoms with Gasteiger partial charge in [-0.05, 0) is 19.1 Å². The van der Waals surface area contributed by atoms with E-state index in [1.165, 1.54) is 0 Å². The average Bonchev–Trinajstić information content (AvgIpc) is 2.69. The lowest BCUT2D eigenvalue weighted by Gasteiger charge is -2.12. The Bertz CT molecular complexity index is 452. The van der Waals surface area contributed by atoms with Crippen molar-refractivity contribution >= 4 is 11.6 Å². The highest BCUT2D eigenvalue weighted by molar-refractivity contribution is 6.30. The van der Waals surface area contributed by atoms with Gasteiger partial charge in [0.1, 0.15) is 0 Å². The van der Waals surface area contributed by atoms with Gasteiger partial charge in [-0.25, -0.2) is 4.98 Å². The van der Waals surface area contributed by atoms with E-state index in [1.54, 1.807) is 25.5 Å². The molecule has 1 atom stereocenters. The normalized spacial score (nSPS) is 12.7. The molecule has 1 heterocycles. The molecule has 1 unspecified atom stereocenters. The maximum Gasteiger partial charge on any atom is 0.0991 e. The van der Waals surface area contributed by atoms with Crippen LogP contribution in [0.25, 0.3) is 5.69 Å². The van der Waals surface area contributed by atoms with Gasteiger partial charge in [-0.1, -0.05) is 17.7 Å². The number of hydrogen-bond acceptors (Lipinski definition) is 2. The van der Waals surface area contributed by atoms with Crippen molar-refractivity contribution in [2.45, 2.75) is 13.0 Å². The fraction of sp³-hybridized carbons (Fsp3) is 0.182. The Morgan fingerprint density at radius 2 is 2.27 bits per heavy atom. The first-order valence-corrected chi connectivity index (χ1v) is 5.02. The van der Waals surface area contributed by atoms with Crippen molar-refractivity contribution in [3.05, 3.63) is 47.5 Å². The van der Waals surface area contributed by atoms with Gasteiger partial charge < -0.3 is 9.67 Å². The van der Waals surface area contributed by atoms with E-state index in [0.717, 1.165) is 11.3 Å². The lowest BCUT2D eigenvalue weighted by Crippen LogP contribution is -2.00.